The molecule has 4 saturated heterocycles. The van der Waals surface area contributed by atoms with E-state index in [1.165, 1.54) is 58.0 Å². The predicted octanol–water partition coefficient (Wildman–Crippen LogP) is -3.87. The van der Waals surface area contributed by atoms with Crippen LogP contribution in [0.4, 0.5) is 0 Å². The molecule has 16 N–H and O–H groups in total. The van der Waals surface area contributed by atoms with Gasteiger partial charge in [-0.25, -0.2) is 19.6 Å². The van der Waals surface area contributed by atoms with Crippen molar-refractivity contribution < 1.29 is 120 Å². The van der Waals surface area contributed by atoms with Crippen LogP contribution >= 0.6 is 34.0 Å². The van der Waals surface area contributed by atoms with Gasteiger partial charge in [0.25, 0.3) is 0 Å². The van der Waals surface area contributed by atoms with Crippen molar-refractivity contribution in [2.24, 2.45) is 12.0 Å². The largest absolute Gasteiger partial charge is 0.394 e. The number of thiazole rings is 3. The number of hydrogen-bond acceptors (Lipinski definition) is 33. The van der Waals surface area contributed by atoms with Crippen LogP contribution < -0.4 is 0 Å². The van der Waals surface area contributed by atoms with Gasteiger partial charge in [-0.2, -0.15) is 0 Å². The highest BCUT2D eigenvalue weighted by atomic mass is 32.1. The number of aliphatic hydroxyl groups is 16. The Morgan fingerprint density at radius 1 is 0.505 bits per heavy atom. The molecular weight excluding hydrogens is 1290 g/mol. The van der Waals surface area contributed by atoms with E-state index >= 15 is 0 Å². The van der Waals surface area contributed by atoms with Gasteiger partial charge in [-0.3, -0.25) is 24.2 Å². The van der Waals surface area contributed by atoms with Gasteiger partial charge in [-0.1, -0.05) is 43.3 Å². The van der Waals surface area contributed by atoms with Gasteiger partial charge < -0.3 is 101 Å². The minimum absolute atomic E-state index is 0.0636. The van der Waals surface area contributed by atoms with Crippen LogP contribution in [0.25, 0.3) is 0 Å². The van der Waals surface area contributed by atoms with Gasteiger partial charge >= 0.3 is 0 Å². The Balaban J connectivity index is 0.000000177. The average molecular weight is 1370 g/mol. The van der Waals surface area contributed by atoms with Crippen molar-refractivity contribution in [1.82, 2.24) is 29.9 Å². The van der Waals surface area contributed by atoms with Gasteiger partial charge in [-0.15, -0.1) is 39.1 Å². The number of allylic oxidation sites excluding steroid dienone is 1. The summed E-state index contributed by atoms with van der Waals surface area (Å²) in [7, 11) is 1.62. The molecule has 5 aromatic rings. The highest BCUT2D eigenvalue weighted by Crippen LogP contribution is 2.31. The third-order valence-electron chi connectivity index (χ3n) is 16.0. The molecule has 0 bridgehead atoms. The lowest BCUT2D eigenvalue weighted by Crippen LogP contribution is -2.59. The van der Waals surface area contributed by atoms with Crippen LogP contribution in [0.5, 0.6) is 0 Å². The molecule has 20 unspecified atom stereocenters. The molecule has 4 fully saturated rings. The van der Waals surface area contributed by atoms with Gasteiger partial charge in [0, 0.05) is 91.7 Å². The van der Waals surface area contributed by atoms with Crippen molar-refractivity contribution in [2.75, 3.05) is 26.4 Å². The Bertz CT molecular complexity index is 3300. The summed E-state index contributed by atoms with van der Waals surface area (Å²) >= 11 is 3.78. The van der Waals surface area contributed by atoms with Crippen molar-refractivity contribution in [3.8, 4) is 0 Å². The lowest BCUT2D eigenvalue weighted by molar-refractivity contribution is -0.228. The molecule has 34 heteroatoms. The fourth-order valence-corrected chi connectivity index (χ4v) is 12.9. The molecule has 5 aliphatic heterocycles. The number of ether oxygens (including phenoxy) is 4. The summed E-state index contributed by atoms with van der Waals surface area (Å²) in [5, 5.41) is 169. The Kier molecular flexibility index (Phi) is 27.8. The number of hydrogen-bond donors (Lipinski definition) is 16. The first-order valence-electron chi connectivity index (χ1n) is 29.6. The number of nitrogens with zero attached hydrogens (tertiary/aromatic N) is 7. The molecule has 0 aliphatic carbocycles. The maximum atomic E-state index is 12.6. The van der Waals surface area contributed by atoms with Crippen LogP contribution in [0.3, 0.4) is 0 Å². The molecule has 4 aromatic heterocycles. The van der Waals surface area contributed by atoms with Crippen molar-refractivity contribution >= 4 is 62.9 Å². The molecule has 20 atom stereocenters. The van der Waals surface area contributed by atoms with Gasteiger partial charge in [0.15, 0.2) is 11.6 Å². The number of aliphatic hydroxyl groups excluding tert-OH is 16. The zero-order valence-corrected chi connectivity index (χ0v) is 53.2. The summed E-state index contributed by atoms with van der Waals surface area (Å²) in [6.45, 7) is 3.32. The molecule has 1 aromatic carbocycles. The second-order valence-corrected chi connectivity index (χ2v) is 25.3. The maximum Gasteiger partial charge on any atom is 0.212 e. The lowest BCUT2D eigenvalue weighted by Gasteiger charge is -2.40. The monoisotopic (exact) mass is 1370 g/mol. The Morgan fingerprint density at radius 2 is 0.882 bits per heavy atom. The second kappa shape index (κ2) is 34.5. The first kappa shape index (κ1) is 74.9. The third kappa shape index (κ3) is 18.6. The SMILES string of the molecule is CC(=O)c1csc(CC2OC(CO)C(O)C(O)C2O)n1.CCC(=O)c1csc(CC2OC(CO)C(O)C(O)C2O)n1.CCc1ccc(C(=O)c2csc(CC3OC(CO)C(O)C(O)C3O)n2)cc1.Cn1nncc1C(=O)C1=CN=C(CC2OC(CO)C(O)C(O)C2O)C1. The molecule has 5 aliphatic rings. The number of carbonyl (C=O) groups excluding carboxylic acids is 4. The highest BCUT2D eigenvalue weighted by molar-refractivity contribution is 7.10. The number of ketones is 4. The summed E-state index contributed by atoms with van der Waals surface area (Å²) in [6, 6.07) is 7.37. The number of aryl methyl sites for hydroxylation is 2. The molecule has 93 heavy (non-hydrogen) atoms. The van der Waals surface area contributed by atoms with Crippen molar-refractivity contribution in [2.45, 2.75) is 188 Å². The molecular formula is C59H79N7O24S3. The normalized spacial score (nSPS) is 31.7. The Hall–Kier alpha value is -5.46. The van der Waals surface area contributed by atoms with E-state index in [1.54, 1.807) is 42.2 Å². The van der Waals surface area contributed by atoms with Gasteiger partial charge in [0.1, 0.15) is 120 Å². The summed E-state index contributed by atoms with van der Waals surface area (Å²) in [4.78, 5) is 64.5. The molecule has 0 radical (unpaired) electrons. The first-order chi connectivity index (χ1) is 44.3. The number of carbonyl (C=O) groups is 4. The maximum absolute atomic E-state index is 12.6. The first-order valence-corrected chi connectivity index (χ1v) is 32.3. The van der Waals surface area contributed by atoms with E-state index in [4.69, 9.17) is 29.2 Å². The number of aromatic nitrogens is 6. The van der Waals surface area contributed by atoms with E-state index in [1.807, 2.05) is 19.1 Å². The van der Waals surface area contributed by atoms with E-state index in [2.05, 4.69) is 30.3 Å². The summed E-state index contributed by atoms with van der Waals surface area (Å²) in [5.74, 6) is -0.637. The third-order valence-corrected chi connectivity index (χ3v) is 18.7. The Labute approximate surface area is 543 Å². The lowest BCUT2D eigenvalue weighted by atomic mass is 9.91. The van der Waals surface area contributed by atoms with E-state index in [9.17, 15) is 90.7 Å². The molecule has 10 rings (SSSR count). The molecule has 0 amide bonds. The fourth-order valence-electron chi connectivity index (χ4n) is 10.4. The number of rotatable bonds is 20. The smallest absolute Gasteiger partial charge is 0.212 e. The molecule has 512 valence electrons. The minimum Gasteiger partial charge on any atom is -0.394 e. The predicted molar refractivity (Wildman–Crippen MR) is 326 cm³/mol. The minimum atomic E-state index is -1.42. The standard InChI is InChI=1S/C19H23NO6S.C15H20N4O6.C13H19NO6S.C12H17NO6S/c1-2-10-3-5-11(6-4-10)16(22)12-9-27-15(20-12)7-13-17(23)19(25)18(24)14(8-21)26-13;1-19-9(5-17-18-19)12(21)7-2-8(16-4-7)3-10-13(22)15(24)14(23)11(6-20)25-10;1-2-7(16)6-5-21-10(14-6)3-8-11(17)13(19)12(18)9(4-15)20-8;1-5(15)6-4-20-9(13-6)2-7-10(16)12(18)11(17)8(3-14)19-7/h3-6,9,13-14,17-19,21,23-25H,2,7-8H2,1H3;4-5,10-11,13-15,20,22-24H,2-3,6H2,1H3;5,8-9,11-13,15,17-19H,2-4H2,1H3;4,7-8,10-12,14,16-18H,2-3H2,1H3. The van der Waals surface area contributed by atoms with Crippen LogP contribution in [0.15, 0.2) is 63.4 Å². The molecule has 0 saturated carbocycles. The zero-order valence-electron chi connectivity index (χ0n) is 50.8. The van der Waals surface area contributed by atoms with E-state index in [-0.39, 0.29) is 55.2 Å². The fraction of sp³-hybridized carbons (Fsp3) is 0.593. The number of Topliss-reactive ketones (excluding diaryl/α,β-unsaturated/α-hetero) is 3. The van der Waals surface area contributed by atoms with Gasteiger partial charge in [0.2, 0.25) is 11.6 Å². The number of aliphatic imine (C=N–C) groups is 1. The summed E-state index contributed by atoms with van der Waals surface area (Å²) < 4.78 is 23.1. The van der Waals surface area contributed by atoms with Crippen LogP contribution in [0.2, 0.25) is 0 Å². The van der Waals surface area contributed by atoms with Crippen LogP contribution in [-0.4, -0.2) is 289 Å². The van der Waals surface area contributed by atoms with Crippen LogP contribution in [0.1, 0.15) is 108 Å². The van der Waals surface area contributed by atoms with Crippen LogP contribution in [-0.2, 0) is 51.7 Å². The second-order valence-electron chi connectivity index (χ2n) is 22.5. The van der Waals surface area contributed by atoms with E-state index in [0.717, 1.165) is 12.0 Å². The molecule has 0 spiro atoms. The average Bonchev–Trinajstić information content (AvgIpc) is 1.43. The quantitative estimate of drug-likeness (QED) is 0.0332. The zero-order chi connectivity index (χ0) is 68.1. The van der Waals surface area contributed by atoms with Gasteiger partial charge in [0.05, 0.1) is 72.1 Å². The molecule has 31 nitrogen and oxygen atoms in total. The van der Waals surface area contributed by atoms with Crippen LogP contribution in [0, 0.1) is 0 Å². The topological polar surface area (TPSA) is 511 Å². The summed E-state index contributed by atoms with van der Waals surface area (Å²) in [6.07, 6.45) is -18.3. The van der Waals surface area contributed by atoms with Crippen molar-refractivity contribution in [1.29, 1.82) is 0 Å². The van der Waals surface area contributed by atoms with Crippen molar-refractivity contribution in [3.63, 3.8) is 0 Å². The summed E-state index contributed by atoms with van der Waals surface area (Å²) in [5.41, 5.74) is 4.13. The van der Waals surface area contributed by atoms with E-state index < -0.39 is 149 Å². The van der Waals surface area contributed by atoms with Gasteiger partial charge in [-0.05, 0) is 12.0 Å². The van der Waals surface area contributed by atoms with E-state index in [0.29, 0.717) is 61.1 Å². The van der Waals surface area contributed by atoms with Crippen molar-refractivity contribution in [3.05, 3.63) is 107 Å². The highest BCUT2D eigenvalue weighted by Gasteiger charge is 2.47. The number of benzene rings is 1. The Morgan fingerprint density at radius 3 is 1.25 bits per heavy atom. The molecule has 9 heterocycles.